The molecule has 1 heterocycles. The molecule has 2 aromatic rings. The standard InChI is InChI=1S/C26H39N3O5/c1-17(2)11-13-33-25(31)21(27)9-10-24(30)29-23(26(32)34-14-12-18(3)4)15-19-16-28-22-8-6-5-7-20(19)22/h5-8,16-18,21,23,28H,9-15,27H2,1-4H3,(H,29,30)/t21-,23+/m1/s1. The number of nitrogens with two attached hydrogens (primary N) is 1. The van der Waals surface area contributed by atoms with Gasteiger partial charge in [-0.15, -0.1) is 0 Å². The molecule has 0 fully saturated rings. The molecular formula is C26H39N3O5. The van der Waals surface area contributed by atoms with Crippen LogP contribution in [0.25, 0.3) is 10.9 Å². The van der Waals surface area contributed by atoms with Crippen molar-refractivity contribution in [1.82, 2.24) is 10.3 Å². The molecule has 0 radical (unpaired) electrons. The Hall–Kier alpha value is -2.87. The van der Waals surface area contributed by atoms with Crippen LogP contribution in [0.3, 0.4) is 0 Å². The van der Waals surface area contributed by atoms with Crippen molar-refractivity contribution in [3.8, 4) is 0 Å². The number of esters is 2. The summed E-state index contributed by atoms with van der Waals surface area (Å²) < 4.78 is 10.6. The van der Waals surface area contributed by atoms with E-state index in [1.165, 1.54) is 0 Å². The minimum Gasteiger partial charge on any atom is -0.465 e. The SMILES string of the molecule is CC(C)CCOC(=O)[C@H](N)CCC(=O)N[C@@H](Cc1c[nH]c2ccccc12)C(=O)OCCC(C)C. The zero-order chi connectivity index (χ0) is 25.1. The van der Waals surface area contributed by atoms with Crippen LogP contribution in [0.4, 0.5) is 0 Å². The number of amides is 1. The van der Waals surface area contributed by atoms with E-state index in [4.69, 9.17) is 15.2 Å². The molecule has 1 aromatic heterocycles. The van der Waals surface area contributed by atoms with Gasteiger partial charge in [0.1, 0.15) is 12.1 Å². The molecule has 4 N–H and O–H groups in total. The highest BCUT2D eigenvalue weighted by atomic mass is 16.5. The van der Waals surface area contributed by atoms with Crippen LogP contribution < -0.4 is 11.1 Å². The molecular weight excluding hydrogens is 434 g/mol. The molecule has 1 aromatic carbocycles. The van der Waals surface area contributed by atoms with Crippen LogP contribution in [0, 0.1) is 11.8 Å². The Kier molecular flexibility index (Phi) is 11.1. The fourth-order valence-electron chi connectivity index (χ4n) is 3.38. The minimum absolute atomic E-state index is 0.00407. The van der Waals surface area contributed by atoms with Crippen molar-refractivity contribution < 1.29 is 23.9 Å². The van der Waals surface area contributed by atoms with Crippen molar-refractivity contribution in [2.45, 2.75) is 71.9 Å². The molecule has 1 amide bonds. The van der Waals surface area contributed by atoms with Gasteiger partial charge in [0.15, 0.2) is 0 Å². The largest absolute Gasteiger partial charge is 0.465 e. The van der Waals surface area contributed by atoms with Gasteiger partial charge in [-0.2, -0.15) is 0 Å². The maximum absolute atomic E-state index is 12.8. The molecule has 0 aliphatic carbocycles. The number of ether oxygens (including phenoxy) is 2. The summed E-state index contributed by atoms with van der Waals surface area (Å²) in [6.45, 7) is 8.79. The topological polar surface area (TPSA) is 124 Å². The highest BCUT2D eigenvalue weighted by molar-refractivity contribution is 5.87. The summed E-state index contributed by atoms with van der Waals surface area (Å²) in [5, 5.41) is 3.76. The Labute approximate surface area is 201 Å². The third kappa shape index (κ3) is 9.17. The fourth-order valence-corrected chi connectivity index (χ4v) is 3.38. The van der Waals surface area contributed by atoms with E-state index < -0.39 is 24.0 Å². The Bertz CT molecular complexity index is 937. The predicted molar refractivity (Wildman–Crippen MR) is 132 cm³/mol. The first-order chi connectivity index (χ1) is 16.2. The summed E-state index contributed by atoms with van der Waals surface area (Å²) in [5.74, 6) is -0.537. The first-order valence-electron chi connectivity index (χ1n) is 12.1. The monoisotopic (exact) mass is 473 g/mol. The average Bonchev–Trinajstić information content (AvgIpc) is 3.19. The molecule has 0 bridgehead atoms. The number of benzene rings is 1. The van der Waals surface area contributed by atoms with Gasteiger partial charge in [-0.05, 0) is 42.7 Å². The second-order valence-corrected chi connectivity index (χ2v) is 9.53. The molecule has 2 atom stereocenters. The number of hydrogen-bond acceptors (Lipinski definition) is 6. The molecule has 0 spiro atoms. The van der Waals surface area contributed by atoms with Gasteiger partial charge in [-0.25, -0.2) is 4.79 Å². The van der Waals surface area contributed by atoms with E-state index in [-0.39, 0.29) is 18.7 Å². The number of H-pyrrole nitrogens is 1. The van der Waals surface area contributed by atoms with Gasteiger partial charge >= 0.3 is 11.9 Å². The smallest absolute Gasteiger partial charge is 0.328 e. The lowest BCUT2D eigenvalue weighted by Gasteiger charge is -2.19. The van der Waals surface area contributed by atoms with E-state index in [1.807, 2.05) is 44.3 Å². The number of aromatic nitrogens is 1. The van der Waals surface area contributed by atoms with Gasteiger partial charge in [0, 0.05) is 29.9 Å². The van der Waals surface area contributed by atoms with E-state index in [2.05, 4.69) is 24.1 Å². The molecule has 0 aliphatic rings. The lowest BCUT2D eigenvalue weighted by atomic mass is 10.0. The lowest BCUT2D eigenvalue weighted by Crippen LogP contribution is -2.44. The molecule has 0 aliphatic heterocycles. The Morgan fingerprint density at radius 2 is 1.56 bits per heavy atom. The summed E-state index contributed by atoms with van der Waals surface area (Å²) in [4.78, 5) is 40.6. The fraction of sp³-hybridized carbons (Fsp3) is 0.577. The average molecular weight is 474 g/mol. The zero-order valence-electron chi connectivity index (χ0n) is 20.8. The maximum atomic E-state index is 12.8. The van der Waals surface area contributed by atoms with Crippen LogP contribution in [0.2, 0.25) is 0 Å². The van der Waals surface area contributed by atoms with Crippen LogP contribution >= 0.6 is 0 Å². The third-order valence-electron chi connectivity index (χ3n) is 5.58. The molecule has 0 saturated heterocycles. The van der Waals surface area contributed by atoms with Crippen LogP contribution in [0.15, 0.2) is 30.5 Å². The first kappa shape index (κ1) is 27.4. The number of nitrogens with one attached hydrogen (secondary N) is 2. The van der Waals surface area contributed by atoms with Gasteiger partial charge in [0.2, 0.25) is 5.91 Å². The van der Waals surface area contributed by atoms with Gasteiger partial charge in [-0.1, -0.05) is 45.9 Å². The van der Waals surface area contributed by atoms with Gasteiger partial charge in [0.05, 0.1) is 13.2 Å². The molecule has 8 heteroatoms. The van der Waals surface area contributed by atoms with Crippen LogP contribution in [0.1, 0.15) is 58.9 Å². The summed E-state index contributed by atoms with van der Waals surface area (Å²) in [5.41, 5.74) is 7.75. The van der Waals surface area contributed by atoms with Crippen LogP contribution in [-0.4, -0.2) is 48.1 Å². The first-order valence-corrected chi connectivity index (χ1v) is 12.1. The van der Waals surface area contributed by atoms with Gasteiger partial charge in [0.25, 0.3) is 0 Å². The third-order valence-corrected chi connectivity index (χ3v) is 5.58. The quantitative estimate of drug-likeness (QED) is 0.361. The Balaban J connectivity index is 1.96. The highest BCUT2D eigenvalue weighted by Gasteiger charge is 2.25. The Morgan fingerprint density at radius 1 is 0.941 bits per heavy atom. The van der Waals surface area contributed by atoms with Crippen molar-refractivity contribution in [2.75, 3.05) is 13.2 Å². The van der Waals surface area contributed by atoms with Crippen molar-refractivity contribution >= 4 is 28.7 Å². The number of hydrogen-bond donors (Lipinski definition) is 3. The van der Waals surface area contributed by atoms with Crippen LogP contribution in [-0.2, 0) is 30.3 Å². The molecule has 8 nitrogen and oxygen atoms in total. The molecule has 188 valence electrons. The van der Waals surface area contributed by atoms with E-state index in [9.17, 15) is 14.4 Å². The second kappa shape index (κ2) is 13.7. The number of carbonyl (C=O) groups is 3. The number of aromatic amines is 1. The van der Waals surface area contributed by atoms with Crippen molar-refractivity contribution in [3.63, 3.8) is 0 Å². The lowest BCUT2D eigenvalue weighted by molar-refractivity contribution is -0.148. The number of rotatable bonds is 14. The second-order valence-electron chi connectivity index (χ2n) is 9.53. The number of fused-ring (bicyclic) bond motifs is 1. The normalized spacial score (nSPS) is 13.1. The summed E-state index contributed by atoms with van der Waals surface area (Å²) >= 11 is 0. The highest BCUT2D eigenvalue weighted by Crippen LogP contribution is 2.19. The van der Waals surface area contributed by atoms with E-state index in [0.717, 1.165) is 29.3 Å². The number of carbonyl (C=O) groups excluding carboxylic acids is 3. The summed E-state index contributed by atoms with van der Waals surface area (Å²) in [6, 6.07) is 6.05. The molecule has 0 saturated carbocycles. The maximum Gasteiger partial charge on any atom is 0.328 e. The van der Waals surface area contributed by atoms with Crippen molar-refractivity contribution in [3.05, 3.63) is 36.0 Å². The molecule has 0 unspecified atom stereocenters. The number of para-hydroxylation sites is 1. The summed E-state index contributed by atoms with van der Waals surface area (Å²) in [6.07, 6.45) is 3.77. The zero-order valence-corrected chi connectivity index (χ0v) is 20.8. The van der Waals surface area contributed by atoms with Gasteiger partial charge in [-0.3, -0.25) is 9.59 Å². The van der Waals surface area contributed by atoms with Crippen molar-refractivity contribution in [1.29, 1.82) is 0 Å². The predicted octanol–water partition coefficient (Wildman–Crippen LogP) is 3.48. The van der Waals surface area contributed by atoms with E-state index in [0.29, 0.717) is 31.5 Å². The van der Waals surface area contributed by atoms with Crippen LogP contribution in [0.5, 0.6) is 0 Å². The Morgan fingerprint density at radius 3 is 2.21 bits per heavy atom. The van der Waals surface area contributed by atoms with Crippen molar-refractivity contribution in [2.24, 2.45) is 17.6 Å². The van der Waals surface area contributed by atoms with E-state index >= 15 is 0 Å². The van der Waals surface area contributed by atoms with Gasteiger partial charge < -0.3 is 25.5 Å². The minimum atomic E-state index is -0.886. The van der Waals surface area contributed by atoms with E-state index in [1.54, 1.807) is 0 Å². The molecule has 2 rings (SSSR count). The summed E-state index contributed by atoms with van der Waals surface area (Å²) in [7, 11) is 0. The molecule has 34 heavy (non-hydrogen) atoms.